The molecule has 1 aliphatic rings. The van der Waals surface area contributed by atoms with Crippen LogP contribution >= 0.6 is 0 Å². The van der Waals surface area contributed by atoms with Gasteiger partial charge in [0.05, 0.1) is 23.9 Å². The van der Waals surface area contributed by atoms with Gasteiger partial charge in [-0.15, -0.1) is 0 Å². The molecule has 1 amide bonds. The minimum Gasteiger partial charge on any atom is -0.496 e. The van der Waals surface area contributed by atoms with E-state index in [0.717, 1.165) is 5.56 Å². The molecule has 0 atom stereocenters. The first-order valence-corrected chi connectivity index (χ1v) is 8.75. The van der Waals surface area contributed by atoms with Crippen molar-refractivity contribution in [3.8, 4) is 5.75 Å². The van der Waals surface area contributed by atoms with E-state index in [9.17, 15) is 14.7 Å². The van der Waals surface area contributed by atoms with E-state index in [1.165, 1.54) is 30.2 Å². The molecule has 0 saturated heterocycles. The third-order valence-corrected chi connectivity index (χ3v) is 4.45. The molecule has 0 spiro atoms. The number of carbonyl (C=O) groups excluding carboxylic acids is 1. The summed E-state index contributed by atoms with van der Waals surface area (Å²) < 4.78 is 10.9. The topological polar surface area (TPSA) is 88.4 Å². The minimum absolute atomic E-state index is 0.00181. The van der Waals surface area contributed by atoms with Gasteiger partial charge >= 0.3 is 5.97 Å². The van der Waals surface area contributed by atoms with Gasteiger partial charge in [0.1, 0.15) is 17.9 Å². The number of benzene rings is 2. The highest BCUT2D eigenvalue weighted by Gasteiger charge is 2.29. The number of methoxy groups -OCH3 is 1. The summed E-state index contributed by atoms with van der Waals surface area (Å²) in [6, 6.07) is 11.6. The van der Waals surface area contributed by atoms with Gasteiger partial charge in [0.15, 0.2) is 0 Å². The molecule has 2 aromatic rings. The average molecular weight is 382 g/mol. The highest BCUT2D eigenvalue weighted by Crippen LogP contribution is 2.28. The van der Waals surface area contributed by atoms with Crippen LogP contribution < -0.4 is 9.64 Å². The SMILES string of the molecule is COc1cc(C(=O)N(C)c2ccccc2C2=NC(C)(C)CO2)ccc1C(=O)O. The van der Waals surface area contributed by atoms with Gasteiger partial charge in [-0.05, 0) is 44.2 Å². The molecule has 0 aromatic heterocycles. The van der Waals surface area contributed by atoms with E-state index >= 15 is 0 Å². The van der Waals surface area contributed by atoms with E-state index in [1.54, 1.807) is 7.05 Å². The summed E-state index contributed by atoms with van der Waals surface area (Å²) in [6.07, 6.45) is 0. The molecular weight excluding hydrogens is 360 g/mol. The summed E-state index contributed by atoms with van der Waals surface area (Å²) in [6.45, 7) is 4.43. The van der Waals surface area contributed by atoms with E-state index in [0.29, 0.717) is 23.8 Å². The number of aromatic carboxylic acids is 1. The number of nitrogens with zero attached hydrogens (tertiary/aromatic N) is 2. The Hall–Kier alpha value is -3.35. The Bertz CT molecular complexity index is 965. The van der Waals surface area contributed by atoms with Gasteiger partial charge in [-0.25, -0.2) is 9.79 Å². The normalized spacial score (nSPS) is 14.8. The molecule has 0 fully saturated rings. The number of rotatable bonds is 5. The van der Waals surface area contributed by atoms with Crippen LogP contribution in [0.2, 0.25) is 0 Å². The van der Waals surface area contributed by atoms with Gasteiger partial charge in [-0.3, -0.25) is 4.79 Å². The van der Waals surface area contributed by atoms with E-state index in [-0.39, 0.29) is 22.8 Å². The van der Waals surface area contributed by atoms with Crippen LogP contribution in [0.25, 0.3) is 0 Å². The van der Waals surface area contributed by atoms with Gasteiger partial charge in [-0.2, -0.15) is 0 Å². The quantitative estimate of drug-likeness (QED) is 0.858. The third-order valence-electron chi connectivity index (χ3n) is 4.45. The highest BCUT2D eigenvalue weighted by molar-refractivity contribution is 6.11. The predicted octanol–water partition coefficient (Wildman–Crippen LogP) is 3.23. The summed E-state index contributed by atoms with van der Waals surface area (Å²) in [5.41, 5.74) is 1.36. The molecule has 1 heterocycles. The molecule has 1 N–H and O–H groups in total. The monoisotopic (exact) mass is 382 g/mol. The minimum atomic E-state index is -1.12. The second-order valence-corrected chi connectivity index (χ2v) is 7.12. The molecule has 0 aliphatic carbocycles. The average Bonchev–Trinajstić information content (AvgIpc) is 3.05. The van der Waals surface area contributed by atoms with E-state index in [4.69, 9.17) is 9.47 Å². The third kappa shape index (κ3) is 3.69. The zero-order valence-electron chi connectivity index (χ0n) is 16.2. The van der Waals surface area contributed by atoms with Crippen LogP contribution in [0.3, 0.4) is 0 Å². The van der Waals surface area contributed by atoms with Crippen molar-refractivity contribution in [3.05, 3.63) is 59.2 Å². The van der Waals surface area contributed by atoms with Gasteiger partial charge in [0.25, 0.3) is 5.91 Å². The highest BCUT2D eigenvalue weighted by atomic mass is 16.5. The Morgan fingerprint density at radius 1 is 1.21 bits per heavy atom. The fourth-order valence-corrected chi connectivity index (χ4v) is 2.97. The molecule has 2 aromatic carbocycles. The first-order valence-electron chi connectivity index (χ1n) is 8.75. The van der Waals surface area contributed by atoms with Crippen molar-refractivity contribution in [1.29, 1.82) is 0 Å². The van der Waals surface area contributed by atoms with Crippen LogP contribution in [0.1, 0.15) is 40.1 Å². The molecular formula is C21H22N2O5. The maximum absolute atomic E-state index is 13.0. The number of hydrogen-bond acceptors (Lipinski definition) is 5. The first-order chi connectivity index (χ1) is 13.2. The lowest BCUT2D eigenvalue weighted by Gasteiger charge is -2.21. The predicted molar refractivity (Wildman–Crippen MR) is 106 cm³/mol. The van der Waals surface area contributed by atoms with Crippen LogP contribution in [-0.2, 0) is 4.74 Å². The van der Waals surface area contributed by atoms with Crippen LogP contribution in [-0.4, -0.2) is 49.2 Å². The van der Waals surface area contributed by atoms with Crippen LogP contribution in [0.4, 0.5) is 5.69 Å². The Kier molecular flexibility index (Phi) is 5.09. The number of ether oxygens (including phenoxy) is 2. The Labute approximate surface area is 163 Å². The van der Waals surface area contributed by atoms with Crippen molar-refractivity contribution in [2.75, 3.05) is 25.7 Å². The number of aliphatic imine (C=N–C) groups is 1. The molecule has 0 saturated carbocycles. The molecule has 1 aliphatic heterocycles. The second kappa shape index (κ2) is 7.34. The van der Waals surface area contributed by atoms with Crippen molar-refractivity contribution >= 4 is 23.5 Å². The largest absolute Gasteiger partial charge is 0.496 e. The smallest absolute Gasteiger partial charge is 0.339 e. The maximum Gasteiger partial charge on any atom is 0.339 e. The molecule has 146 valence electrons. The summed E-state index contributed by atoms with van der Waals surface area (Å²) in [4.78, 5) is 30.4. The summed E-state index contributed by atoms with van der Waals surface area (Å²) in [7, 11) is 3.02. The number of para-hydroxylation sites is 1. The summed E-state index contributed by atoms with van der Waals surface area (Å²) >= 11 is 0. The lowest BCUT2D eigenvalue weighted by Crippen LogP contribution is -2.28. The molecule has 7 nitrogen and oxygen atoms in total. The lowest BCUT2D eigenvalue weighted by molar-refractivity contribution is 0.0692. The number of hydrogen-bond donors (Lipinski definition) is 1. The number of carbonyl (C=O) groups is 2. The van der Waals surface area contributed by atoms with Crippen molar-refractivity contribution in [3.63, 3.8) is 0 Å². The Balaban J connectivity index is 1.96. The summed E-state index contributed by atoms with van der Waals surface area (Å²) in [5, 5.41) is 9.21. The zero-order valence-corrected chi connectivity index (χ0v) is 16.2. The number of carboxylic acid groups (broad SMARTS) is 1. The fourth-order valence-electron chi connectivity index (χ4n) is 2.97. The van der Waals surface area contributed by atoms with Crippen molar-refractivity contribution in [1.82, 2.24) is 0 Å². The van der Waals surface area contributed by atoms with E-state index in [2.05, 4.69) is 4.99 Å². The van der Waals surface area contributed by atoms with Gasteiger partial charge < -0.3 is 19.5 Å². The Morgan fingerprint density at radius 3 is 2.54 bits per heavy atom. The van der Waals surface area contributed by atoms with Crippen molar-refractivity contribution in [2.24, 2.45) is 4.99 Å². The van der Waals surface area contributed by atoms with Crippen LogP contribution in [0.15, 0.2) is 47.5 Å². The van der Waals surface area contributed by atoms with Crippen LogP contribution in [0, 0.1) is 0 Å². The van der Waals surface area contributed by atoms with Crippen molar-refractivity contribution in [2.45, 2.75) is 19.4 Å². The maximum atomic E-state index is 13.0. The molecule has 0 bridgehead atoms. The summed E-state index contributed by atoms with van der Waals surface area (Å²) in [5.74, 6) is -0.793. The lowest BCUT2D eigenvalue weighted by atomic mass is 10.1. The second-order valence-electron chi connectivity index (χ2n) is 7.12. The first kappa shape index (κ1) is 19.4. The van der Waals surface area contributed by atoms with E-state index < -0.39 is 5.97 Å². The van der Waals surface area contributed by atoms with Gasteiger partial charge in [0, 0.05) is 12.6 Å². The fraction of sp³-hybridized carbons (Fsp3) is 0.286. The number of anilines is 1. The Morgan fingerprint density at radius 2 is 1.93 bits per heavy atom. The molecule has 0 unspecified atom stereocenters. The zero-order chi connectivity index (χ0) is 20.5. The van der Waals surface area contributed by atoms with Gasteiger partial charge in [-0.1, -0.05) is 12.1 Å². The number of amides is 1. The van der Waals surface area contributed by atoms with Crippen LogP contribution in [0.5, 0.6) is 5.75 Å². The molecule has 7 heteroatoms. The van der Waals surface area contributed by atoms with Gasteiger partial charge in [0.2, 0.25) is 5.90 Å². The molecule has 0 radical (unpaired) electrons. The number of carboxylic acids is 1. The van der Waals surface area contributed by atoms with E-state index in [1.807, 2.05) is 38.1 Å². The molecule has 28 heavy (non-hydrogen) atoms. The van der Waals surface area contributed by atoms with Crippen molar-refractivity contribution < 1.29 is 24.2 Å². The standard InChI is InChI=1S/C21H22N2O5/c1-21(2)12-28-18(22-21)14-7-5-6-8-16(14)23(3)19(24)13-9-10-15(20(25)26)17(11-13)27-4/h5-11H,12H2,1-4H3,(H,25,26). The molecule has 3 rings (SSSR count).